The summed E-state index contributed by atoms with van der Waals surface area (Å²) in [6.07, 6.45) is 8.54. The molecule has 5 nitrogen and oxygen atoms in total. The molecule has 1 aliphatic carbocycles. The molecule has 2 aromatic heterocycles. The highest BCUT2D eigenvalue weighted by Crippen LogP contribution is 2.24. The summed E-state index contributed by atoms with van der Waals surface area (Å²) in [7, 11) is 1.90. The Morgan fingerprint density at radius 3 is 2.94 bits per heavy atom. The predicted octanol–water partition coefficient (Wildman–Crippen LogP) is 1.72. The fourth-order valence-corrected chi connectivity index (χ4v) is 2.34. The molecule has 1 saturated carbocycles. The SMILES string of the molecule is Cn1ncc2c(NC3CCCC3)ncnc21. The number of aromatic nitrogens is 4. The number of anilines is 1. The van der Waals surface area contributed by atoms with Gasteiger partial charge in [0, 0.05) is 13.1 Å². The van der Waals surface area contributed by atoms with Gasteiger partial charge in [-0.25, -0.2) is 9.97 Å². The van der Waals surface area contributed by atoms with E-state index >= 15 is 0 Å². The molecule has 3 rings (SSSR count). The van der Waals surface area contributed by atoms with Crippen LogP contribution in [0.4, 0.5) is 5.82 Å². The minimum atomic E-state index is 0.568. The van der Waals surface area contributed by atoms with Crippen molar-refractivity contribution in [3.05, 3.63) is 12.5 Å². The molecule has 1 fully saturated rings. The molecular weight excluding hydrogens is 202 g/mol. The summed E-state index contributed by atoms with van der Waals surface area (Å²) in [4.78, 5) is 8.53. The number of aryl methyl sites for hydroxylation is 1. The average Bonchev–Trinajstić information content (AvgIpc) is 2.90. The Hall–Kier alpha value is -1.65. The molecule has 0 aliphatic heterocycles. The molecule has 0 aromatic carbocycles. The third kappa shape index (κ3) is 1.52. The standard InChI is InChI=1S/C11H15N5/c1-16-11-9(6-14-16)10(12-7-13-11)15-8-4-2-3-5-8/h6-8H,2-5H2,1H3,(H,12,13,15). The van der Waals surface area contributed by atoms with Gasteiger partial charge in [0.25, 0.3) is 0 Å². The summed E-state index contributed by atoms with van der Waals surface area (Å²) < 4.78 is 1.77. The Morgan fingerprint density at radius 2 is 2.12 bits per heavy atom. The van der Waals surface area contributed by atoms with Gasteiger partial charge in [-0.1, -0.05) is 12.8 Å². The van der Waals surface area contributed by atoms with Gasteiger partial charge in [-0.3, -0.25) is 4.68 Å². The maximum absolute atomic E-state index is 4.31. The molecule has 0 atom stereocenters. The number of hydrogen-bond acceptors (Lipinski definition) is 4. The van der Waals surface area contributed by atoms with E-state index in [1.54, 1.807) is 11.0 Å². The van der Waals surface area contributed by atoms with E-state index < -0.39 is 0 Å². The second-order valence-electron chi connectivity index (χ2n) is 4.35. The Bertz CT molecular complexity index is 498. The van der Waals surface area contributed by atoms with Crippen LogP contribution in [0.5, 0.6) is 0 Å². The van der Waals surface area contributed by atoms with E-state index in [0.717, 1.165) is 16.9 Å². The van der Waals surface area contributed by atoms with Gasteiger partial charge in [0.05, 0.1) is 11.6 Å². The first kappa shape index (κ1) is 9.57. The molecule has 2 aromatic rings. The zero-order valence-corrected chi connectivity index (χ0v) is 9.35. The maximum Gasteiger partial charge on any atom is 0.163 e. The molecule has 0 saturated heterocycles. The van der Waals surface area contributed by atoms with Crippen LogP contribution in [-0.4, -0.2) is 25.8 Å². The van der Waals surface area contributed by atoms with Crippen molar-refractivity contribution in [2.45, 2.75) is 31.7 Å². The Kier molecular flexibility index (Phi) is 2.23. The van der Waals surface area contributed by atoms with Gasteiger partial charge in [-0.2, -0.15) is 5.10 Å². The van der Waals surface area contributed by atoms with E-state index in [2.05, 4.69) is 20.4 Å². The first-order chi connectivity index (χ1) is 7.84. The maximum atomic E-state index is 4.31. The van der Waals surface area contributed by atoms with Gasteiger partial charge in [0.15, 0.2) is 5.65 Å². The molecule has 5 heteroatoms. The van der Waals surface area contributed by atoms with E-state index in [1.165, 1.54) is 25.7 Å². The summed E-state index contributed by atoms with van der Waals surface area (Å²) in [5, 5.41) is 8.71. The second kappa shape index (κ2) is 3.73. The monoisotopic (exact) mass is 217 g/mol. The lowest BCUT2D eigenvalue weighted by molar-refractivity contribution is 0.751. The van der Waals surface area contributed by atoms with Crippen LogP contribution in [0.15, 0.2) is 12.5 Å². The third-order valence-electron chi connectivity index (χ3n) is 3.23. The van der Waals surface area contributed by atoms with Gasteiger partial charge in [0.1, 0.15) is 12.1 Å². The number of nitrogens with one attached hydrogen (secondary N) is 1. The van der Waals surface area contributed by atoms with Crippen molar-refractivity contribution >= 4 is 16.9 Å². The summed E-state index contributed by atoms with van der Waals surface area (Å²) in [5.74, 6) is 0.921. The van der Waals surface area contributed by atoms with Crippen molar-refractivity contribution < 1.29 is 0 Å². The highest BCUT2D eigenvalue weighted by Gasteiger charge is 2.17. The lowest BCUT2D eigenvalue weighted by Crippen LogP contribution is -2.15. The van der Waals surface area contributed by atoms with Gasteiger partial charge in [0.2, 0.25) is 0 Å². The second-order valence-corrected chi connectivity index (χ2v) is 4.35. The smallest absolute Gasteiger partial charge is 0.163 e. The number of fused-ring (bicyclic) bond motifs is 1. The zero-order chi connectivity index (χ0) is 11.0. The molecule has 1 N–H and O–H groups in total. The lowest BCUT2D eigenvalue weighted by atomic mass is 10.2. The fraction of sp³-hybridized carbons (Fsp3) is 0.545. The predicted molar refractivity (Wildman–Crippen MR) is 62.2 cm³/mol. The minimum Gasteiger partial charge on any atom is -0.367 e. The quantitative estimate of drug-likeness (QED) is 0.832. The van der Waals surface area contributed by atoms with Crippen LogP contribution < -0.4 is 5.32 Å². The van der Waals surface area contributed by atoms with Crippen LogP contribution >= 0.6 is 0 Å². The number of rotatable bonds is 2. The van der Waals surface area contributed by atoms with Crippen molar-refractivity contribution in [3.63, 3.8) is 0 Å². The molecule has 0 radical (unpaired) electrons. The van der Waals surface area contributed by atoms with Crippen molar-refractivity contribution in [1.82, 2.24) is 19.7 Å². The highest BCUT2D eigenvalue weighted by atomic mass is 15.3. The first-order valence-corrected chi connectivity index (χ1v) is 5.74. The van der Waals surface area contributed by atoms with Crippen molar-refractivity contribution in [1.29, 1.82) is 0 Å². The molecule has 0 unspecified atom stereocenters. The number of nitrogens with zero attached hydrogens (tertiary/aromatic N) is 4. The van der Waals surface area contributed by atoms with Crippen LogP contribution in [-0.2, 0) is 7.05 Å². The van der Waals surface area contributed by atoms with Gasteiger partial charge >= 0.3 is 0 Å². The third-order valence-corrected chi connectivity index (χ3v) is 3.23. The summed E-state index contributed by atoms with van der Waals surface area (Å²) in [6, 6.07) is 0.568. The summed E-state index contributed by atoms with van der Waals surface area (Å²) >= 11 is 0. The van der Waals surface area contributed by atoms with Crippen LogP contribution in [0, 0.1) is 0 Å². The molecule has 84 valence electrons. The van der Waals surface area contributed by atoms with Crippen molar-refractivity contribution in [3.8, 4) is 0 Å². The summed E-state index contributed by atoms with van der Waals surface area (Å²) in [6.45, 7) is 0. The fourth-order valence-electron chi connectivity index (χ4n) is 2.34. The van der Waals surface area contributed by atoms with Crippen LogP contribution in [0.1, 0.15) is 25.7 Å². The number of hydrogen-bond donors (Lipinski definition) is 1. The van der Waals surface area contributed by atoms with E-state index in [0.29, 0.717) is 6.04 Å². The minimum absolute atomic E-state index is 0.568. The van der Waals surface area contributed by atoms with Gasteiger partial charge < -0.3 is 5.32 Å². The van der Waals surface area contributed by atoms with E-state index in [4.69, 9.17) is 0 Å². The topological polar surface area (TPSA) is 55.6 Å². The molecule has 16 heavy (non-hydrogen) atoms. The Morgan fingerprint density at radius 1 is 1.31 bits per heavy atom. The lowest BCUT2D eigenvalue weighted by Gasteiger charge is -2.12. The molecule has 1 aliphatic rings. The van der Waals surface area contributed by atoms with E-state index in [-0.39, 0.29) is 0 Å². The Balaban J connectivity index is 1.96. The highest BCUT2D eigenvalue weighted by molar-refractivity contribution is 5.86. The normalized spacial score (nSPS) is 17.1. The molecule has 0 amide bonds. The van der Waals surface area contributed by atoms with Crippen molar-refractivity contribution in [2.75, 3.05) is 5.32 Å². The van der Waals surface area contributed by atoms with E-state index in [1.807, 2.05) is 13.2 Å². The molecular formula is C11H15N5. The average molecular weight is 217 g/mol. The van der Waals surface area contributed by atoms with Crippen LogP contribution in [0.25, 0.3) is 11.0 Å². The molecule has 0 bridgehead atoms. The van der Waals surface area contributed by atoms with Gasteiger partial charge in [-0.15, -0.1) is 0 Å². The zero-order valence-electron chi connectivity index (χ0n) is 9.35. The van der Waals surface area contributed by atoms with Crippen LogP contribution in [0.3, 0.4) is 0 Å². The largest absolute Gasteiger partial charge is 0.367 e. The first-order valence-electron chi connectivity index (χ1n) is 5.74. The summed E-state index contributed by atoms with van der Waals surface area (Å²) in [5.41, 5.74) is 0.885. The van der Waals surface area contributed by atoms with Crippen molar-refractivity contribution in [2.24, 2.45) is 7.05 Å². The van der Waals surface area contributed by atoms with E-state index in [9.17, 15) is 0 Å². The molecule has 2 heterocycles. The Labute approximate surface area is 93.9 Å². The van der Waals surface area contributed by atoms with Crippen LogP contribution in [0.2, 0.25) is 0 Å². The van der Waals surface area contributed by atoms with Gasteiger partial charge in [-0.05, 0) is 12.8 Å². The molecule has 0 spiro atoms.